The van der Waals surface area contributed by atoms with Crippen LogP contribution in [0.2, 0.25) is 0 Å². The van der Waals surface area contributed by atoms with E-state index in [1.807, 2.05) is 13.8 Å². The van der Waals surface area contributed by atoms with Gasteiger partial charge in [-0.15, -0.1) is 12.4 Å². The smallest absolute Gasteiger partial charge is 0.221 e. The molecule has 1 heterocycles. The molecule has 102 valence electrons. The maximum atomic E-state index is 11.6. The Kier molecular flexibility index (Phi) is 8.56. The van der Waals surface area contributed by atoms with Crippen LogP contribution >= 0.6 is 12.4 Å². The number of carbonyl (C=O) groups excluding carboxylic acids is 1. The average molecular weight is 265 g/mol. The van der Waals surface area contributed by atoms with Crippen LogP contribution in [0.1, 0.15) is 39.5 Å². The van der Waals surface area contributed by atoms with Gasteiger partial charge in [0, 0.05) is 19.0 Å². The zero-order valence-corrected chi connectivity index (χ0v) is 11.6. The fraction of sp³-hybridized carbons (Fsp3) is 0.917. The highest BCUT2D eigenvalue weighted by molar-refractivity contribution is 5.85. The third-order valence-corrected chi connectivity index (χ3v) is 3.40. The van der Waals surface area contributed by atoms with Crippen molar-refractivity contribution in [2.45, 2.75) is 51.7 Å². The molecular formula is C12H25ClN2O2. The maximum absolute atomic E-state index is 11.6. The first-order valence-electron chi connectivity index (χ1n) is 6.31. The van der Waals surface area contributed by atoms with Crippen LogP contribution in [0.4, 0.5) is 0 Å². The summed E-state index contributed by atoms with van der Waals surface area (Å²) < 4.78 is 0. The molecule has 4 nitrogen and oxygen atoms in total. The van der Waals surface area contributed by atoms with Crippen LogP contribution in [0.3, 0.4) is 0 Å². The van der Waals surface area contributed by atoms with E-state index in [0.717, 1.165) is 25.8 Å². The van der Waals surface area contributed by atoms with Gasteiger partial charge in [-0.3, -0.25) is 4.79 Å². The lowest BCUT2D eigenvalue weighted by atomic mass is 10.0. The van der Waals surface area contributed by atoms with Crippen molar-refractivity contribution in [3.05, 3.63) is 0 Å². The number of rotatable bonds is 6. The molecule has 1 amide bonds. The predicted octanol–water partition coefficient (Wildman–Crippen LogP) is 1.07. The van der Waals surface area contributed by atoms with Gasteiger partial charge in [0.25, 0.3) is 0 Å². The molecule has 1 fully saturated rings. The van der Waals surface area contributed by atoms with E-state index < -0.39 is 6.10 Å². The summed E-state index contributed by atoms with van der Waals surface area (Å²) in [5, 5.41) is 15.8. The van der Waals surface area contributed by atoms with Crippen LogP contribution in [0.5, 0.6) is 0 Å². The van der Waals surface area contributed by atoms with E-state index in [1.54, 1.807) is 0 Å². The number of carbonyl (C=O) groups is 1. The number of amides is 1. The van der Waals surface area contributed by atoms with E-state index in [9.17, 15) is 9.90 Å². The Labute approximate surface area is 110 Å². The summed E-state index contributed by atoms with van der Waals surface area (Å²) in [6, 6.07) is 0.334. The van der Waals surface area contributed by atoms with Gasteiger partial charge < -0.3 is 15.7 Å². The van der Waals surface area contributed by atoms with Crippen LogP contribution < -0.4 is 10.6 Å². The molecule has 3 N–H and O–H groups in total. The summed E-state index contributed by atoms with van der Waals surface area (Å²) in [6.45, 7) is 5.43. The molecule has 0 aromatic carbocycles. The molecular weight excluding hydrogens is 240 g/mol. The van der Waals surface area contributed by atoms with Gasteiger partial charge in [-0.2, -0.15) is 0 Å². The Morgan fingerprint density at radius 2 is 2.29 bits per heavy atom. The van der Waals surface area contributed by atoms with Crippen molar-refractivity contribution in [1.82, 2.24) is 10.6 Å². The van der Waals surface area contributed by atoms with Crippen LogP contribution in [-0.4, -0.2) is 36.2 Å². The summed E-state index contributed by atoms with van der Waals surface area (Å²) in [5.74, 6) is 0.284. The summed E-state index contributed by atoms with van der Waals surface area (Å²) >= 11 is 0. The third kappa shape index (κ3) is 6.24. The molecule has 0 aromatic heterocycles. The summed E-state index contributed by atoms with van der Waals surface area (Å²) in [6.07, 6.45) is 3.29. The molecule has 0 aromatic rings. The van der Waals surface area contributed by atoms with Crippen LogP contribution in [0.25, 0.3) is 0 Å². The molecule has 0 bridgehead atoms. The van der Waals surface area contributed by atoms with Crippen LogP contribution in [0.15, 0.2) is 0 Å². The number of hydrogen-bond acceptors (Lipinski definition) is 3. The van der Waals surface area contributed by atoms with Crippen molar-refractivity contribution in [3.63, 3.8) is 0 Å². The fourth-order valence-electron chi connectivity index (χ4n) is 1.92. The van der Waals surface area contributed by atoms with Crippen molar-refractivity contribution in [2.24, 2.45) is 5.92 Å². The van der Waals surface area contributed by atoms with E-state index in [0.29, 0.717) is 19.0 Å². The van der Waals surface area contributed by atoms with E-state index in [1.165, 1.54) is 0 Å². The highest BCUT2D eigenvalue weighted by atomic mass is 35.5. The highest BCUT2D eigenvalue weighted by Gasteiger charge is 2.18. The Balaban J connectivity index is 0.00000256. The second-order valence-electron chi connectivity index (χ2n) is 4.75. The lowest BCUT2D eigenvalue weighted by molar-refractivity contribution is -0.122. The first kappa shape index (κ1) is 16.7. The van der Waals surface area contributed by atoms with Gasteiger partial charge in [0.15, 0.2) is 0 Å². The average Bonchev–Trinajstić information content (AvgIpc) is 2.77. The number of aliphatic hydroxyl groups is 1. The maximum Gasteiger partial charge on any atom is 0.221 e. The molecule has 17 heavy (non-hydrogen) atoms. The highest BCUT2D eigenvalue weighted by Crippen LogP contribution is 2.09. The van der Waals surface area contributed by atoms with Gasteiger partial charge in [0.05, 0.1) is 6.10 Å². The second-order valence-corrected chi connectivity index (χ2v) is 4.75. The van der Waals surface area contributed by atoms with Gasteiger partial charge >= 0.3 is 0 Å². The van der Waals surface area contributed by atoms with E-state index in [4.69, 9.17) is 0 Å². The number of halogens is 1. The third-order valence-electron chi connectivity index (χ3n) is 3.40. The second kappa shape index (κ2) is 8.72. The lowest BCUT2D eigenvalue weighted by Gasteiger charge is -2.18. The monoisotopic (exact) mass is 264 g/mol. The molecule has 3 atom stereocenters. The summed E-state index contributed by atoms with van der Waals surface area (Å²) in [5.41, 5.74) is 0. The minimum atomic E-state index is -0.425. The molecule has 0 saturated carbocycles. The van der Waals surface area contributed by atoms with Crippen LogP contribution in [-0.2, 0) is 4.79 Å². The Morgan fingerprint density at radius 1 is 1.59 bits per heavy atom. The Hall–Kier alpha value is -0.320. The molecule has 3 unspecified atom stereocenters. The van der Waals surface area contributed by atoms with E-state index in [-0.39, 0.29) is 24.2 Å². The largest absolute Gasteiger partial charge is 0.391 e. The predicted molar refractivity (Wildman–Crippen MR) is 71.4 cm³/mol. The fourth-order valence-corrected chi connectivity index (χ4v) is 1.92. The lowest BCUT2D eigenvalue weighted by Crippen LogP contribution is -2.38. The van der Waals surface area contributed by atoms with E-state index in [2.05, 4.69) is 10.6 Å². The minimum absolute atomic E-state index is 0. The molecule has 0 spiro atoms. The first-order valence-corrected chi connectivity index (χ1v) is 6.31. The molecule has 5 heteroatoms. The quantitative estimate of drug-likeness (QED) is 0.673. The van der Waals surface area contributed by atoms with Crippen molar-refractivity contribution in [3.8, 4) is 0 Å². The SMILES string of the molecule is CCC(C)C(O)CNC(=O)CC1CCCN1.Cl. The molecule has 1 aliphatic rings. The van der Waals surface area contributed by atoms with E-state index >= 15 is 0 Å². The van der Waals surface area contributed by atoms with Gasteiger partial charge in [0.2, 0.25) is 5.91 Å². The summed E-state index contributed by atoms with van der Waals surface area (Å²) in [7, 11) is 0. The van der Waals surface area contributed by atoms with Crippen molar-refractivity contribution in [2.75, 3.05) is 13.1 Å². The normalized spacial score (nSPS) is 22.6. The summed E-state index contributed by atoms with van der Waals surface area (Å²) in [4.78, 5) is 11.6. The molecule has 1 saturated heterocycles. The zero-order chi connectivity index (χ0) is 12.0. The minimum Gasteiger partial charge on any atom is -0.391 e. The van der Waals surface area contributed by atoms with Gasteiger partial charge in [-0.25, -0.2) is 0 Å². The molecule has 1 rings (SSSR count). The zero-order valence-electron chi connectivity index (χ0n) is 10.7. The Morgan fingerprint density at radius 3 is 2.82 bits per heavy atom. The van der Waals surface area contributed by atoms with Crippen molar-refractivity contribution in [1.29, 1.82) is 0 Å². The standard InChI is InChI=1S/C12H24N2O2.ClH/c1-3-9(2)11(15)8-14-12(16)7-10-5-4-6-13-10;/h9-11,13,15H,3-8H2,1-2H3,(H,14,16);1H. The van der Waals surface area contributed by atoms with Crippen LogP contribution in [0, 0.1) is 5.92 Å². The van der Waals surface area contributed by atoms with Gasteiger partial charge in [0.1, 0.15) is 0 Å². The Bertz CT molecular complexity index is 221. The molecule has 0 radical (unpaired) electrons. The topological polar surface area (TPSA) is 61.4 Å². The first-order chi connectivity index (χ1) is 7.63. The number of aliphatic hydroxyl groups excluding tert-OH is 1. The van der Waals surface area contributed by atoms with Crippen molar-refractivity contribution < 1.29 is 9.90 Å². The number of nitrogens with one attached hydrogen (secondary N) is 2. The van der Waals surface area contributed by atoms with Gasteiger partial charge in [-0.05, 0) is 25.3 Å². The molecule has 0 aliphatic carbocycles. The number of hydrogen-bond donors (Lipinski definition) is 3. The van der Waals surface area contributed by atoms with Crippen molar-refractivity contribution >= 4 is 18.3 Å². The molecule has 1 aliphatic heterocycles. The van der Waals surface area contributed by atoms with Gasteiger partial charge in [-0.1, -0.05) is 20.3 Å².